The van der Waals surface area contributed by atoms with Crippen LogP contribution in [0.1, 0.15) is 0 Å². The zero-order chi connectivity index (χ0) is 16.6. The Bertz CT molecular complexity index is 1170. The predicted molar refractivity (Wildman–Crippen MR) is 104 cm³/mol. The molecule has 0 aliphatic rings. The molecular formula is C24H15NY-2. The molecule has 5 aromatic rings. The van der Waals surface area contributed by atoms with E-state index in [-0.39, 0.29) is 32.7 Å². The summed E-state index contributed by atoms with van der Waals surface area (Å²) < 4.78 is 2.33. The molecule has 0 atom stereocenters. The Morgan fingerprint density at radius 3 is 2.19 bits per heavy atom. The fourth-order valence-electron chi connectivity index (χ4n) is 3.56. The van der Waals surface area contributed by atoms with E-state index in [4.69, 9.17) is 0 Å². The summed E-state index contributed by atoms with van der Waals surface area (Å²) in [5, 5.41) is 2.50. The number of rotatable bonds is 2. The van der Waals surface area contributed by atoms with Crippen molar-refractivity contribution in [2.45, 2.75) is 0 Å². The Morgan fingerprint density at radius 1 is 0.615 bits per heavy atom. The van der Waals surface area contributed by atoms with E-state index in [1.54, 1.807) is 0 Å². The molecule has 0 unspecified atom stereocenters. The second kappa shape index (κ2) is 7.19. The SMILES string of the molecule is [Y].[c-]1ccccc1-c1[c-]ccc2c3ccccc3n(-c3ccccc3)c12. The van der Waals surface area contributed by atoms with Gasteiger partial charge in [-0.15, -0.1) is 12.1 Å². The van der Waals surface area contributed by atoms with Crippen LogP contribution in [-0.4, -0.2) is 4.57 Å². The van der Waals surface area contributed by atoms with Gasteiger partial charge < -0.3 is 4.57 Å². The summed E-state index contributed by atoms with van der Waals surface area (Å²) in [6.07, 6.45) is 0. The topological polar surface area (TPSA) is 4.93 Å². The third-order valence-electron chi connectivity index (χ3n) is 4.62. The van der Waals surface area contributed by atoms with Crippen molar-refractivity contribution in [3.05, 3.63) is 103 Å². The van der Waals surface area contributed by atoms with Crippen LogP contribution < -0.4 is 0 Å². The van der Waals surface area contributed by atoms with Crippen LogP contribution in [0.2, 0.25) is 0 Å². The second-order valence-corrected chi connectivity index (χ2v) is 6.08. The Kier molecular flexibility index (Phi) is 4.76. The van der Waals surface area contributed by atoms with Crippen LogP contribution in [0.3, 0.4) is 0 Å². The van der Waals surface area contributed by atoms with Gasteiger partial charge in [-0.05, 0) is 23.6 Å². The molecule has 0 aliphatic heterocycles. The monoisotopic (exact) mass is 406 g/mol. The molecule has 0 bridgehead atoms. The standard InChI is InChI=1S/C24H15N.Y/c1-3-10-18(11-4-1)20-15-9-16-22-21-14-7-8-17-23(21)25(24(20)22)19-12-5-2-6-13-19;/h1-10,12-14,16-17H;/q-2;. The van der Waals surface area contributed by atoms with Crippen molar-refractivity contribution in [3.63, 3.8) is 0 Å². The summed E-state index contributed by atoms with van der Waals surface area (Å²) >= 11 is 0. The maximum Gasteiger partial charge on any atom is 0.0428 e. The average molecular weight is 406 g/mol. The van der Waals surface area contributed by atoms with Crippen molar-refractivity contribution in [1.82, 2.24) is 4.57 Å². The second-order valence-electron chi connectivity index (χ2n) is 6.08. The normalized spacial score (nSPS) is 10.8. The van der Waals surface area contributed by atoms with Crippen molar-refractivity contribution in [1.29, 1.82) is 0 Å². The van der Waals surface area contributed by atoms with Gasteiger partial charge in [0.05, 0.1) is 0 Å². The summed E-state index contributed by atoms with van der Waals surface area (Å²) in [6, 6.07) is 38.1. The average Bonchev–Trinajstić information content (AvgIpc) is 3.04. The molecule has 0 spiro atoms. The van der Waals surface area contributed by atoms with Gasteiger partial charge >= 0.3 is 0 Å². The molecule has 0 aliphatic carbocycles. The van der Waals surface area contributed by atoms with E-state index in [9.17, 15) is 0 Å². The number of fused-ring (bicyclic) bond motifs is 3. The van der Waals surface area contributed by atoms with Gasteiger partial charge in [0.25, 0.3) is 0 Å². The number of hydrogen-bond acceptors (Lipinski definition) is 0. The predicted octanol–water partition coefficient (Wildman–Crippen LogP) is 6.05. The quantitative estimate of drug-likeness (QED) is 0.315. The maximum atomic E-state index is 3.45. The fourth-order valence-corrected chi connectivity index (χ4v) is 3.56. The van der Waals surface area contributed by atoms with Crippen molar-refractivity contribution in [2.75, 3.05) is 0 Å². The van der Waals surface area contributed by atoms with Crippen LogP contribution in [0.25, 0.3) is 38.6 Å². The maximum absolute atomic E-state index is 3.45. The summed E-state index contributed by atoms with van der Waals surface area (Å²) in [5.74, 6) is 0. The molecule has 2 heteroatoms. The number of para-hydroxylation sites is 2. The first-order valence-electron chi connectivity index (χ1n) is 8.40. The van der Waals surface area contributed by atoms with E-state index in [1.165, 1.54) is 21.8 Å². The van der Waals surface area contributed by atoms with Crippen LogP contribution >= 0.6 is 0 Å². The smallest absolute Gasteiger partial charge is 0.0428 e. The molecule has 1 nitrogen and oxygen atoms in total. The van der Waals surface area contributed by atoms with Gasteiger partial charge in [-0.3, -0.25) is 0 Å². The number of hydrogen-bond donors (Lipinski definition) is 0. The number of benzene rings is 4. The molecule has 0 fully saturated rings. The molecule has 121 valence electrons. The van der Waals surface area contributed by atoms with Crippen molar-refractivity contribution >= 4 is 21.8 Å². The first kappa shape index (κ1) is 17.2. The largest absolute Gasteiger partial charge is 0.360 e. The number of aromatic nitrogens is 1. The van der Waals surface area contributed by atoms with E-state index in [0.29, 0.717) is 0 Å². The minimum absolute atomic E-state index is 0. The summed E-state index contributed by atoms with van der Waals surface area (Å²) in [4.78, 5) is 0. The van der Waals surface area contributed by atoms with Gasteiger partial charge in [0, 0.05) is 43.9 Å². The van der Waals surface area contributed by atoms with E-state index in [1.807, 2.05) is 24.3 Å². The van der Waals surface area contributed by atoms with Gasteiger partial charge in [0.1, 0.15) is 0 Å². The summed E-state index contributed by atoms with van der Waals surface area (Å²) in [5.41, 5.74) is 5.69. The van der Waals surface area contributed by atoms with Crippen molar-refractivity contribution in [2.24, 2.45) is 0 Å². The zero-order valence-corrected chi connectivity index (χ0v) is 17.0. The van der Waals surface area contributed by atoms with Crippen LogP contribution in [0.15, 0.2) is 91.0 Å². The minimum atomic E-state index is 0. The van der Waals surface area contributed by atoms with Gasteiger partial charge in [-0.1, -0.05) is 47.3 Å². The van der Waals surface area contributed by atoms with Gasteiger partial charge in [0.2, 0.25) is 0 Å². The Labute approximate surface area is 178 Å². The van der Waals surface area contributed by atoms with Gasteiger partial charge in [-0.2, -0.15) is 36.4 Å². The molecule has 0 amide bonds. The van der Waals surface area contributed by atoms with Crippen LogP contribution in [0.4, 0.5) is 0 Å². The molecule has 1 heterocycles. The van der Waals surface area contributed by atoms with Crippen LogP contribution in [0, 0.1) is 12.1 Å². The van der Waals surface area contributed by atoms with E-state index in [0.717, 1.165) is 16.8 Å². The first-order valence-corrected chi connectivity index (χ1v) is 8.40. The van der Waals surface area contributed by atoms with Gasteiger partial charge in [0.15, 0.2) is 0 Å². The van der Waals surface area contributed by atoms with E-state index < -0.39 is 0 Å². The van der Waals surface area contributed by atoms with Crippen molar-refractivity contribution < 1.29 is 32.7 Å². The summed E-state index contributed by atoms with van der Waals surface area (Å²) in [6.45, 7) is 0. The molecule has 0 saturated carbocycles. The molecule has 5 rings (SSSR count). The summed E-state index contributed by atoms with van der Waals surface area (Å²) in [7, 11) is 0. The van der Waals surface area contributed by atoms with Crippen molar-refractivity contribution in [3.8, 4) is 16.8 Å². The van der Waals surface area contributed by atoms with E-state index >= 15 is 0 Å². The van der Waals surface area contributed by atoms with E-state index in [2.05, 4.69) is 83.4 Å². The fraction of sp³-hybridized carbons (Fsp3) is 0. The molecular weight excluding hydrogens is 391 g/mol. The molecule has 0 N–H and O–H groups in total. The molecule has 26 heavy (non-hydrogen) atoms. The third-order valence-corrected chi connectivity index (χ3v) is 4.62. The number of nitrogens with zero attached hydrogens (tertiary/aromatic N) is 1. The Morgan fingerprint density at radius 2 is 1.38 bits per heavy atom. The zero-order valence-electron chi connectivity index (χ0n) is 14.2. The Hall–Kier alpha value is -2.22. The van der Waals surface area contributed by atoms with Crippen LogP contribution in [0.5, 0.6) is 0 Å². The van der Waals surface area contributed by atoms with Crippen LogP contribution in [-0.2, 0) is 32.7 Å². The molecule has 1 radical (unpaired) electrons. The third kappa shape index (κ3) is 2.72. The molecule has 1 aromatic heterocycles. The first-order chi connectivity index (χ1) is 12.4. The molecule has 4 aromatic carbocycles. The van der Waals surface area contributed by atoms with Gasteiger partial charge in [-0.25, -0.2) is 11.1 Å². The minimum Gasteiger partial charge on any atom is -0.360 e. The molecule has 0 saturated heterocycles. The Balaban J connectivity index is 0.00000168.